The largest absolute Gasteiger partial charge is 0.459 e. The van der Waals surface area contributed by atoms with E-state index in [1.54, 1.807) is 41.5 Å². The molecule has 0 aliphatic carbocycles. The standard InChI is InChI=1S/C15H27NO4/c1-13(2,3)19-11(17)15(7-9-16-10-8-15)12(18)20-14(4,5)6/h16H,7-10H2,1-6H3. The molecule has 0 radical (unpaired) electrons. The molecular formula is C15H27NO4. The van der Waals surface area contributed by atoms with Gasteiger partial charge in [0.25, 0.3) is 0 Å². The van der Waals surface area contributed by atoms with E-state index >= 15 is 0 Å². The summed E-state index contributed by atoms with van der Waals surface area (Å²) in [5, 5.41) is 3.16. The molecule has 0 saturated carbocycles. The lowest BCUT2D eigenvalue weighted by Gasteiger charge is -2.37. The summed E-state index contributed by atoms with van der Waals surface area (Å²) in [6.45, 7) is 12.0. The fourth-order valence-corrected chi connectivity index (χ4v) is 2.10. The fraction of sp³-hybridized carbons (Fsp3) is 0.867. The molecule has 0 amide bonds. The lowest BCUT2D eigenvalue weighted by Crippen LogP contribution is -2.52. The summed E-state index contributed by atoms with van der Waals surface area (Å²) in [6.07, 6.45) is 0.827. The highest BCUT2D eigenvalue weighted by molar-refractivity contribution is 6.00. The smallest absolute Gasteiger partial charge is 0.324 e. The molecule has 0 bridgehead atoms. The number of ether oxygens (including phenoxy) is 2. The summed E-state index contributed by atoms with van der Waals surface area (Å²) < 4.78 is 10.9. The number of carbonyl (C=O) groups excluding carboxylic acids is 2. The Morgan fingerprint density at radius 1 is 0.850 bits per heavy atom. The molecule has 1 rings (SSSR count). The number of hydrogen-bond donors (Lipinski definition) is 1. The minimum Gasteiger partial charge on any atom is -0.459 e. The predicted octanol–water partition coefficient (Wildman–Crippen LogP) is 2.04. The number of rotatable bonds is 2. The van der Waals surface area contributed by atoms with Gasteiger partial charge >= 0.3 is 11.9 Å². The van der Waals surface area contributed by atoms with Gasteiger partial charge in [0.1, 0.15) is 11.2 Å². The number of carbonyl (C=O) groups is 2. The SMILES string of the molecule is CC(C)(C)OC(=O)C1(C(=O)OC(C)(C)C)CCNCC1. The van der Waals surface area contributed by atoms with Gasteiger partial charge in [-0.25, -0.2) is 0 Å². The number of nitrogens with one attached hydrogen (secondary N) is 1. The van der Waals surface area contributed by atoms with Crippen LogP contribution in [0.2, 0.25) is 0 Å². The molecule has 0 unspecified atom stereocenters. The zero-order valence-electron chi connectivity index (χ0n) is 13.5. The molecule has 5 nitrogen and oxygen atoms in total. The van der Waals surface area contributed by atoms with Gasteiger partial charge in [0.15, 0.2) is 5.41 Å². The van der Waals surface area contributed by atoms with Crippen molar-refractivity contribution in [2.45, 2.75) is 65.6 Å². The van der Waals surface area contributed by atoms with Gasteiger partial charge in [-0.05, 0) is 67.5 Å². The first-order valence-electron chi connectivity index (χ1n) is 7.14. The van der Waals surface area contributed by atoms with E-state index in [9.17, 15) is 9.59 Å². The van der Waals surface area contributed by atoms with Crippen molar-refractivity contribution in [1.82, 2.24) is 5.32 Å². The van der Waals surface area contributed by atoms with Gasteiger partial charge in [-0.2, -0.15) is 0 Å². The average Bonchev–Trinajstić information content (AvgIpc) is 2.25. The summed E-state index contributed by atoms with van der Waals surface area (Å²) in [5.41, 5.74) is -2.40. The summed E-state index contributed by atoms with van der Waals surface area (Å²) in [4.78, 5) is 25.0. The second kappa shape index (κ2) is 5.72. The Morgan fingerprint density at radius 2 is 1.20 bits per heavy atom. The molecule has 1 aliphatic heterocycles. The number of piperidine rings is 1. The van der Waals surface area contributed by atoms with E-state index in [4.69, 9.17) is 9.47 Å². The van der Waals surface area contributed by atoms with Crippen molar-refractivity contribution in [3.8, 4) is 0 Å². The first kappa shape index (κ1) is 17.0. The van der Waals surface area contributed by atoms with Crippen molar-refractivity contribution < 1.29 is 19.1 Å². The van der Waals surface area contributed by atoms with E-state index in [-0.39, 0.29) is 0 Å². The number of esters is 2. The van der Waals surface area contributed by atoms with Gasteiger partial charge in [-0.1, -0.05) is 0 Å². The normalized spacial score (nSPS) is 19.3. The minimum absolute atomic E-state index is 0.414. The zero-order chi connectivity index (χ0) is 15.6. The van der Waals surface area contributed by atoms with E-state index < -0.39 is 28.6 Å². The van der Waals surface area contributed by atoms with Crippen LogP contribution in [-0.2, 0) is 19.1 Å². The maximum absolute atomic E-state index is 12.5. The van der Waals surface area contributed by atoms with Gasteiger partial charge in [0.2, 0.25) is 0 Å². The van der Waals surface area contributed by atoms with Crippen LogP contribution in [0.5, 0.6) is 0 Å². The third-order valence-electron chi connectivity index (χ3n) is 3.04. The van der Waals surface area contributed by atoms with Crippen LogP contribution in [0.3, 0.4) is 0 Å². The lowest BCUT2D eigenvalue weighted by molar-refractivity contribution is -0.187. The van der Waals surface area contributed by atoms with Crippen LogP contribution in [0.15, 0.2) is 0 Å². The molecular weight excluding hydrogens is 258 g/mol. The summed E-state index contributed by atoms with van der Waals surface area (Å²) >= 11 is 0. The van der Waals surface area contributed by atoms with Crippen molar-refractivity contribution in [3.63, 3.8) is 0 Å². The van der Waals surface area contributed by atoms with Crippen molar-refractivity contribution in [3.05, 3.63) is 0 Å². The van der Waals surface area contributed by atoms with Crippen molar-refractivity contribution in [1.29, 1.82) is 0 Å². The molecule has 1 fully saturated rings. The second-order valence-electron chi connectivity index (χ2n) is 7.34. The molecule has 1 N–H and O–H groups in total. The lowest BCUT2D eigenvalue weighted by atomic mass is 9.78. The molecule has 0 spiro atoms. The summed E-state index contributed by atoms with van der Waals surface area (Å²) in [5.74, 6) is -0.943. The molecule has 5 heteroatoms. The highest BCUT2D eigenvalue weighted by atomic mass is 16.6. The van der Waals surface area contributed by atoms with E-state index in [1.165, 1.54) is 0 Å². The van der Waals surface area contributed by atoms with E-state index in [0.717, 1.165) is 0 Å². The van der Waals surface area contributed by atoms with Crippen LogP contribution >= 0.6 is 0 Å². The topological polar surface area (TPSA) is 64.6 Å². The maximum atomic E-state index is 12.5. The Balaban J connectivity index is 2.97. The van der Waals surface area contributed by atoms with Gasteiger partial charge in [0, 0.05) is 0 Å². The molecule has 1 heterocycles. The number of hydrogen-bond acceptors (Lipinski definition) is 5. The van der Waals surface area contributed by atoms with Crippen molar-refractivity contribution in [2.24, 2.45) is 5.41 Å². The highest BCUT2D eigenvalue weighted by Gasteiger charge is 2.51. The van der Waals surface area contributed by atoms with E-state index in [0.29, 0.717) is 25.9 Å². The van der Waals surface area contributed by atoms with Crippen LogP contribution in [0.4, 0.5) is 0 Å². The van der Waals surface area contributed by atoms with Crippen LogP contribution in [0.1, 0.15) is 54.4 Å². The van der Waals surface area contributed by atoms with Gasteiger partial charge in [0.05, 0.1) is 0 Å². The van der Waals surface area contributed by atoms with Crippen LogP contribution in [-0.4, -0.2) is 36.2 Å². The zero-order valence-corrected chi connectivity index (χ0v) is 13.5. The van der Waals surface area contributed by atoms with E-state index in [2.05, 4.69) is 5.32 Å². The van der Waals surface area contributed by atoms with Gasteiger partial charge in [-0.15, -0.1) is 0 Å². The molecule has 1 aliphatic rings. The second-order valence-corrected chi connectivity index (χ2v) is 7.34. The first-order chi connectivity index (χ1) is 8.96. The first-order valence-corrected chi connectivity index (χ1v) is 7.14. The molecule has 116 valence electrons. The maximum Gasteiger partial charge on any atom is 0.324 e. The molecule has 0 aromatic heterocycles. The fourth-order valence-electron chi connectivity index (χ4n) is 2.10. The molecule has 1 saturated heterocycles. The predicted molar refractivity (Wildman–Crippen MR) is 76.2 cm³/mol. The Labute approximate surface area is 121 Å². The molecule has 20 heavy (non-hydrogen) atoms. The van der Waals surface area contributed by atoms with Crippen molar-refractivity contribution in [2.75, 3.05) is 13.1 Å². The Morgan fingerprint density at radius 3 is 1.50 bits per heavy atom. The van der Waals surface area contributed by atoms with E-state index in [1.807, 2.05) is 0 Å². The highest BCUT2D eigenvalue weighted by Crippen LogP contribution is 2.35. The Bertz CT molecular complexity index is 340. The van der Waals surface area contributed by atoms with Crippen LogP contribution < -0.4 is 5.32 Å². The third-order valence-corrected chi connectivity index (χ3v) is 3.04. The third kappa shape index (κ3) is 4.47. The quantitative estimate of drug-likeness (QED) is 0.621. The van der Waals surface area contributed by atoms with Crippen molar-refractivity contribution >= 4 is 11.9 Å². The Kier molecular flexibility index (Phi) is 4.85. The Hall–Kier alpha value is -1.10. The molecule has 0 aromatic carbocycles. The monoisotopic (exact) mass is 285 g/mol. The van der Waals surface area contributed by atoms with Crippen LogP contribution in [0.25, 0.3) is 0 Å². The summed E-state index contributed by atoms with van der Waals surface area (Å²) in [6, 6.07) is 0. The minimum atomic E-state index is -1.17. The van der Waals surface area contributed by atoms with Gasteiger partial charge in [-0.3, -0.25) is 9.59 Å². The van der Waals surface area contributed by atoms with Gasteiger partial charge < -0.3 is 14.8 Å². The molecule has 0 aromatic rings. The summed E-state index contributed by atoms with van der Waals surface area (Å²) in [7, 11) is 0. The van der Waals surface area contributed by atoms with Crippen LogP contribution in [0, 0.1) is 5.41 Å². The molecule has 0 atom stereocenters. The average molecular weight is 285 g/mol.